The summed E-state index contributed by atoms with van der Waals surface area (Å²) in [6.45, 7) is 14.2. The van der Waals surface area contributed by atoms with Crippen LogP contribution in [0.1, 0.15) is 61.8 Å². The van der Waals surface area contributed by atoms with Gasteiger partial charge in [-0.05, 0) is 46.0 Å². The van der Waals surface area contributed by atoms with Crippen LogP contribution in [0.4, 0.5) is 0 Å². The van der Waals surface area contributed by atoms with E-state index in [4.69, 9.17) is 23.7 Å². The van der Waals surface area contributed by atoms with Crippen molar-refractivity contribution in [1.82, 2.24) is 10.6 Å². The number of nitrogens with one attached hydrogen (secondary N) is 2. The van der Waals surface area contributed by atoms with Gasteiger partial charge in [0.1, 0.15) is 30.4 Å². The van der Waals surface area contributed by atoms with E-state index < -0.39 is 72.1 Å². The minimum Gasteiger partial charge on any atom is -0.480 e. The first-order valence-corrected chi connectivity index (χ1v) is 11.8. The third-order valence-corrected chi connectivity index (χ3v) is 5.98. The van der Waals surface area contributed by atoms with Crippen LogP contribution in [-0.4, -0.2) is 77.3 Å². The minimum absolute atomic E-state index is 0.0646. The van der Waals surface area contributed by atoms with Gasteiger partial charge < -0.3 is 39.4 Å². The molecule has 11 nitrogen and oxygen atoms in total. The Morgan fingerprint density at radius 1 is 0.853 bits per heavy atom. The molecule has 0 radical (unpaired) electrons. The Labute approximate surface area is 200 Å². The van der Waals surface area contributed by atoms with Crippen molar-refractivity contribution < 1.29 is 43.2 Å². The lowest BCUT2D eigenvalue weighted by molar-refractivity contribution is -0.231. The van der Waals surface area contributed by atoms with Gasteiger partial charge in [-0.3, -0.25) is 9.59 Å². The maximum Gasteiger partial charge on any atom is 0.326 e. The summed E-state index contributed by atoms with van der Waals surface area (Å²) in [5.41, 5.74) is 0. The zero-order chi connectivity index (χ0) is 25.6. The molecule has 0 aromatic rings. The number of hydrogen-bond donors (Lipinski definition) is 3. The van der Waals surface area contributed by atoms with Crippen LogP contribution in [0.5, 0.6) is 0 Å². The van der Waals surface area contributed by atoms with Crippen LogP contribution in [0, 0.1) is 11.8 Å². The van der Waals surface area contributed by atoms with Crippen molar-refractivity contribution in [3.63, 3.8) is 0 Å². The molecule has 3 rings (SSSR count). The van der Waals surface area contributed by atoms with E-state index in [1.54, 1.807) is 41.5 Å². The quantitative estimate of drug-likeness (QED) is 0.460. The van der Waals surface area contributed by atoms with Crippen LogP contribution >= 0.6 is 0 Å². The largest absolute Gasteiger partial charge is 0.480 e. The van der Waals surface area contributed by atoms with E-state index in [-0.39, 0.29) is 18.3 Å². The predicted octanol–water partition coefficient (Wildman–Crippen LogP) is 1.14. The number of carbonyl (C=O) groups excluding carboxylic acids is 2. The fraction of sp³-hybridized carbons (Fsp3) is 0.870. The monoisotopic (exact) mass is 486 g/mol. The fourth-order valence-corrected chi connectivity index (χ4v) is 4.55. The molecule has 3 fully saturated rings. The molecule has 34 heavy (non-hydrogen) atoms. The molecule has 3 aliphatic heterocycles. The van der Waals surface area contributed by atoms with Gasteiger partial charge in [-0.2, -0.15) is 0 Å². The Hall–Kier alpha value is -1.79. The smallest absolute Gasteiger partial charge is 0.326 e. The third-order valence-electron chi connectivity index (χ3n) is 5.98. The summed E-state index contributed by atoms with van der Waals surface area (Å²) >= 11 is 0. The zero-order valence-electron chi connectivity index (χ0n) is 21.1. The van der Waals surface area contributed by atoms with Crippen molar-refractivity contribution in [2.24, 2.45) is 11.8 Å². The van der Waals surface area contributed by atoms with Gasteiger partial charge in [0.25, 0.3) is 5.91 Å². The summed E-state index contributed by atoms with van der Waals surface area (Å²) in [7, 11) is 0. The molecule has 0 aromatic carbocycles. The van der Waals surface area contributed by atoms with E-state index in [0.717, 1.165) is 0 Å². The molecule has 7 atom stereocenters. The maximum atomic E-state index is 13.4. The standard InChI is InChI=1S/C23H38N2O9/c1-10(2)9-12(20(28)29)24-18(26)13(11(3)4)25-19(27)16-14-15(32-22(5,6)31-14)17-21(30-16)34-23(7,8)33-17/h10-17,21H,9H2,1-8H3,(H,24,26)(H,25,27)(H,28,29)/t12-,13+,14+,15+,16+,17+,21+/m0/s1. The van der Waals surface area contributed by atoms with Crippen LogP contribution in [0.2, 0.25) is 0 Å². The Morgan fingerprint density at radius 2 is 1.41 bits per heavy atom. The lowest BCUT2D eigenvalue weighted by Gasteiger charge is -2.37. The molecule has 0 bridgehead atoms. The summed E-state index contributed by atoms with van der Waals surface area (Å²) in [5, 5.41) is 14.8. The van der Waals surface area contributed by atoms with Crippen molar-refractivity contribution in [2.45, 2.75) is 116 Å². The van der Waals surface area contributed by atoms with Gasteiger partial charge in [0.05, 0.1) is 0 Å². The summed E-state index contributed by atoms with van der Waals surface area (Å²) in [5.74, 6) is -4.42. The normalized spacial score (nSPS) is 33.2. The average Bonchev–Trinajstić information content (AvgIpc) is 3.17. The Kier molecular flexibility index (Phi) is 7.64. The van der Waals surface area contributed by atoms with Gasteiger partial charge >= 0.3 is 5.97 Å². The highest BCUT2D eigenvalue weighted by molar-refractivity contribution is 5.92. The number of carbonyl (C=O) groups is 3. The summed E-state index contributed by atoms with van der Waals surface area (Å²) in [4.78, 5) is 37.9. The summed E-state index contributed by atoms with van der Waals surface area (Å²) in [6, 6.07) is -2.03. The average molecular weight is 487 g/mol. The fourth-order valence-electron chi connectivity index (χ4n) is 4.55. The van der Waals surface area contributed by atoms with E-state index in [2.05, 4.69) is 10.6 Å². The number of amides is 2. The minimum atomic E-state index is -1.12. The number of aliphatic carboxylic acids is 1. The van der Waals surface area contributed by atoms with Crippen LogP contribution in [0.3, 0.4) is 0 Å². The molecule has 3 aliphatic rings. The number of ether oxygens (including phenoxy) is 5. The second-order valence-corrected chi connectivity index (χ2v) is 10.8. The van der Waals surface area contributed by atoms with E-state index in [1.165, 1.54) is 0 Å². The highest BCUT2D eigenvalue weighted by Gasteiger charge is 2.62. The SMILES string of the molecule is CC(C)C[C@H](NC(=O)[C@H](NC(=O)[C@@H]1O[C@@H]2OC(C)(C)O[C@@H]2[C@@H]2OC(C)(C)O[C@H]21)C(C)C)C(=O)O. The lowest BCUT2D eigenvalue weighted by atomic mass is 9.96. The molecule has 0 aromatic heterocycles. The van der Waals surface area contributed by atoms with Gasteiger partial charge in [0, 0.05) is 0 Å². The molecule has 3 heterocycles. The number of fused-ring (bicyclic) bond motifs is 3. The van der Waals surface area contributed by atoms with Crippen LogP contribution < -0.4 is 10.6 Å². The van der Waals surface area contributed by atoms with Crippen LogP contribution in [-0.2, 0) is 38.1 Å². The highest BCUT2D eigenvalue weighted by atomic mass is 16.9. The van der Waals surface area contributed by atoms with E-state index in [9.17, 15) is 19.5 Å². The van der Waals surface area contributed by atoms with E-state index >= 15 is 0 Å². The van der Waals surface area contributed by atoms with Crippen molar-refractivity contribution in [3.05, 3.63) is 0 Å². The summed E-state index contributed by atoms with van der Waals surface area (Å²) in [6.07, 6.45) is -3.67. The number of carboxylic acids is 1. The van der Waals surface area contributed by atoms with E-state index in [0.29, 0.717) is 0 Å². The zero-order valence-corrected chi connectivity index (χ0v) is 21.1. The number of carboxylic acid groups (broad SMARTS) is 1. The summed E-state index contributed by atoms with van der Waals surface area (Å²) < 4.78 is 29.7. The van der Waals surface area contributed by atoms with Gasteiger partial charge in [0.2, 0.25) is 5.91 Å². The first-order valence-electron chi connectivity index (χ1n) is 11.8. The molecule has 0 aliphatic carbocycles. The lowest BCUT2D eigenvalue weighted by Crippen LogP contribution is -2.62. The molecule has 11 heteroatoms. The van der Waals surface area contributed by atoms with Gasteiger partial charge in [-0.25, -0.2) is 4.79 Å². The second kappa shape index (κ2) is 9.69. The number of hydrogen-bond acceptors (Lipinski definition) is 8. The van der Waals surface area contributed by atoms with Gasteiger partial charge in [-0.1, -0.05) is 27.7 Å². The van der Waals surface area contributed by atoms with Crippen molar-refractivity contribution in [3.8, 4) is 0 Å². The molecule has 0 saturated carbocycles. The first-order chi connectivity index (χ1) is 15.6. The van der Waals surface area contributed by atoms with Gasteiger partial charge in [-0.15, -0.1) is 0 Å². The molecule has 3 N–H and O–H groups in total. The molecule has 3 saturated heterocycles. The van der Waals surface area contributed by atoms with E-state index in [1.807, 2.05) is 13.8 Å². The van der Waals surface area contributed by atoms with Crippen molar-refractivity contribution >= 4 is 17.8 Å². The van der Waals surface area contributed by atoms with Crippen LogP contribution in [0.15, 0.2) is 0 Å². The highest BCUT2D eigenvalue weighted by Crippen LogP contribution is 2.44. The van der Waals surface area contributed by atoms with Crippen molar-refractivity contribution in [2.75, 3.05) is 0 Å². The van der Waals surface area contributed by atoms with Crippen molar-refractivity contribution in [1.29, 1.82) is 0 Å². The second-order valence-electron chi connectivity index (χ2n) is 10.8. The predicted molar refractivity (Wildman–Crippen MR) is 118 cm³/mol. The molecule has 0 spiro atoms. The molecule has 0 unspecified atom stereocenters. The Morgan fingerprint density at radius 3 is 1.97 bits per heavy atom. The molecular formula is C23H38N2O9. The van der Waals surface area contributed by atoms with Gasteiger partial charge in [0.15, 0.2) is 24.0 Å². The third kappa shape index (κ3) is 5.88. The topological polar surface area (TPSA) is 142 Å². The van der Waals surface area contributed by atoms with Crippen LogP contribution in [0.25, 0.3) is 0 Å². The molecule has 194 valence electrons. The maximum absolute atomic E-state index is 13.4. The Balaban J connectivity index is 1.76. The Bertz CT molecular complexity index is 797. The molecule has 2 amide bonds. The molecular weight excluding hydrogens is 448 g/mol. The first kappa shape index (κ1) is 26.8. The number of rotatable bonds is 8.